The molecule has 0 aliphatic carbocycles. The number of hydrazine groups is 1. The predicted octanol–water partition coefficient (Wildman–Crippen LogP) is 2.01. The van der Waals surface area contributed by atoms with Crippen LogP contribution >= 0.6 is 0 Å². The van der Waals surface area contributed by atoms with Gasteiger partial charge < -0.3 is 9.30 Å². The minimum Gasteiger partial charge on any atom is -0.497 e. The Balaban J connectivity index is 1.59. The molecule has 3 aliphatic heterocycles. The smallest absolute Gasteiger partial charge is 0.264 e. The van der Waals surface area contributed by atoms with Gasteiger partial charge in [0.25, 0.3) is 5.91 Å². The summed E-state index contributed by atoms with van der Waals surface area (Å²) in [6.07, 6.45) is 3.74. The number of aromatic nitrogens is 1. The molecule has 1 aromatic carbocycles. The van der Waals surface area contributed by atoms with Crippen molar-refractivity contribution >= 4 is 16.8 Å². The van der Waals surface area contributed by atoms with Crippen molar-refractivity contribution in [2.75, 3.05) is 13.1 Å². The first-order valence-electron chi connectivity index (χ1n) is 9.76. The third kappa shape index (κ3) is 2.36. The highest BCUT2D eigenvalue weighted by Crippen LogP contribution is 2.48. The molecular weight excluding hydrogens is 340 g/mol. The molecule has 6 nitrogen and oxygen atoms in total. The molecule has 0 radical (unpaired) electrons. The Bertz CT molecular complexity index is 947. The Hall–Kier alpha value is -2.31. The normalized spacial score (nSPS) is 30.0. The molecule has 2 aromatic rings. The molecule has 5 rings (SSSR count). The van der Waals surface area contributed by atoms with E-state index in [4.69, 9.17) is 10.6 Å². The maximum atomic E-state index is 12.3. The predicted molar refractivity (Wildman–Crippen MR) is 103 cm³/mol. The Morgan fingerprint density at radius 1 is 1.33 bits per heavy atom. The van der Waals surface area contributed by atoms with Crippen molar-refractivity contribution in [3.05, 3.63) is 47.4 Å². The van der Waals surface area contributed by atoms with Crippen molar-refractivity contribution < 1.29 is 9.53 Å². The van der Waals surface area contributed by atoms with E-state index < -0.39 is 0 Å². The Labute approximate surface area is 158 Å². The molecule has 1 saturated heterocycles. The molecule has 3 aliphatic rings. The fourth-order valence-electron chi connectivity index (χ4n) is 5.56. The van der Waals surface area contributed by atoms with Crippen LogP contribution in [0.2, 0.25) is 0 Å². The number of hydrogen-bond acceptors (Lipinski definition) is 4. The van der Waals surface area contributed by atoms with E-state index in [1.54, 1.807) is 6.26 Å². The van der Waals surface area contributed by atoms with Crippen molar-refractivity contribution in [3.8, 4) is 0 Å². The van der Waals surface area contributed by atoms with Crippen LogP contribution in [-0.2, 0) is 23.0 Å². The quantitative estimate of drug-likeness (QED) is 0.460. The average molecular weight is 366 g/mol. The number of carbonyl (C=O) groups excluding carboxylic acids is 1. The van der Waals surface area contributed by atoms with Crippen molar-refractivity contribution in [1.82, 2.24) is 14.9 Å². The lowest BCUT2D eigenvalue weighted by Gasteiger charge is -2.49. The van der Waals surface area contributed by atoms with Gasteiger partial charge in [-0.2, -0.15) is 0 Å². The van der Waals surface area contributed by atoms with Crippen LogP contribution in [0, 0.1) is 11.8 Å². The van der Waals surface area contributed by atoms with E-state index in [-0.39, 0.29) is 17.9 Å². The van der Waals surface area contributed by atoms with Gasteiger partial charge in [0.15, 0.2) is 0 Å². The molecule has 1 amide bonds. The summed E-state index contributed by atoms with van der Waals surface area (Å²) in [6, 6.07) is 8.99. The maximum Gasteiger partial charge on any atom is 0.264 e. The van der Waals surface area contributed by atoms with Crippen LogP contribution in [0.5, 0.6) is 0 Å². The second-order valence-electron chi connectivity index (χ2n) is 8.09. The highest BCUT2D eigenvalue weighted by molar-refractivity contribution is 5.93. The monoisotopic (exact) mass is 366 g/mol. The molecule has 0 spiro atoms. The van der Waals surface area contributed by atoms with E-state index in [0.717, 1.165) is 25.9 Å². The summed E-state index contributed by atoms with van der Waals surface area (Å²) < 4.78 is 8.15. The highest BCUT2D eigenvalue weighted by atomic mass is 16.5. The molecule has 4 heterocycles. The number of nitrogens with two attached hydrogens (primary N) is 1. The number of nitrogens with zero attached hydrogens (tertiary/aromatic N) is 2. The lowest BCUT2D eigenvalue weighted by atomic mass is 9.72. The van der Waals surface area contributed by atoms with Gasteiger partial charge in [-0.25, -0.2) is 5.84 Å². The molecule has 1 aromatic heterocycles. The van der Waals surface area contributed by atoms with Gasteiger partial charge in [0, 0.05) is 48.6 Å². The number of rotatable bonds is 1. The Morgan fingerprint density at radius 3 is 2.96 bits per heavy atom. The van der Waals surface area contributed by atoms with Gasteiger partial charge in [0.05, 0.1) is 24.0 Å². The number of carbonyl (C=O) groups is 1. The highest BCUT2D eigenvalue weighted by Gasteiger charge is 2.46. The van der Waals surface area contributed by atoms with Crippen molar-refractivity contribution in [3.63, 3.8) is 0 Å². The number of amides is 1. The molecule has 142 valence electrons. The average Bonchev–Trinajstić information content (AvgIpc) is 3.00. The topological polar surface area (TPSA) is 72.5 Å². The molecule has 0 bridgehead atoms. The summed E-state index contributed by atoms with van der Waals surface area (Å²) in [4.78, 5) is 14.9. The number of nitrogens with one attached hydrogen (secondary N) is 1. The number of hydrogen-bond donors (Lipinski definition) is 2. The van der Waals surface area contributed by atoms with E-state index in [9.17, 15) is 4.79 Å². The first kappa shape index (κ1) is 16.8. The van der Waals surface area contributed by atoms with E-state index in [1.165, 1.54) is 22.2 Å². The maximum absolute atomic E-state index is 12.3. The number of fused-ring (bicyclic) bond motifs is 6. The van der Waals surface area contributed by atoms with Crippen molar-refractivity contribution in [1.29, 1.82) is 0 Å². The van der Waals surface area contributed by atoms with Crippen LogP contribution in [0.3, 0.4) is 0 Å². The molecule has 27 heavy (non-hydrogen) atoms. The Morgan fingerprint density at radius 2 is 2.15 bits per heavy atom. The van der Waals surface area contributed by atoms with Crippen LogP contribution in [0.15, 0.2) is 36.1 Å². The number of para-hydroxylation sites is 1. The molecule has 0 unspecified atom stereocenters. The summed E-state index contributed by atoms with van der Waals surface area (Å²) in [5.74, 6) is 5.69. The van der Waals surface area contributed by atoms with Gasteiger partial charge in [0.2, 0.25) is 0 Å². The summed E-state index contributed by atoms with van der Waals surface area (Å²) in [6.45, 7) is 4.12. The third-order valence-corrected chi connectivity index (χ3v) is 6.91. The zero-order valence-electron chi connectivity index (χ0n) is 15.8. The van der Waals surface area contributed by atoms with Crippen molar-refractivity contribution in [2.45, 2.75) is 31.9 Å². The SMILES string of the molecule is C[C@@H]1OC=C(C(=O)NN)[C@H]2C[C@H]3c4c(c5ccccc5n4C)CCN3C[C@@H]12. The molecule has 3 N–H and O–H groups in total. The van der Waals surface area contributed by atoms with Crippen LogP contribution in [0.25, 0.3) is 10.9 Å². The van der Waals surface area contributed by atoms with E-state index in [0.29, 0.717) is 17.5 Å². The van der Waals surface area contributed by atoms with Crippen molar-refractivity contribution in [2.24, 2.45) is 24.7 Å². The zero-order chi connectivity index (χ0) is 18.7. The van der Waals surface area contributed by atoms with E-state index >= 15 is 0 Å². The molecular formula is C21H26N4O2. The van der Waals surface area contributed by atoms with Gasteiger partial charge in [0.1, 0.15) is 0 Å². The number of aryl methyl sites for hydroxylation is 1. The molecule has 1 fully saturated rings. The fourth-order valence-corrected chi connectivity index (χ4v) is 5.56. The number of ether oxygens (including phenoxy) is 1. The second-order valence-corrected chi connectivity index (χ2v) is 8.09. The minimum absolute atomic E-state index is 0.110. The van der Waals surface area contributed by atoms with Gasteiger partial charge in [-0.3, -0.25) is 15.1 Å². The number of piperidine rings is 1. The lowest BCUT2D eigenvalue weighted by molar-refractivity contribution is -0.120. The third-order valence-electron chi connectivity index (χ3n) is 6.91. The largest absolute Gasteiger partial charge is 0.497 e. The molecule has 0 saturated carbocycles. The minimum atomic E-state index is -0.224. The number of benzene rings is 1. The lowest BCUT2D eigenvalue weighted by Crippen LogP contribution is -2.52. The Kier molecular flexibility index (Phi) is 3.81. The molecule has 6 heteroatoms. The fraction of sp³-hybridized carbons (Fsp3) is 0.476. The van der Waals surface area contributed by atoms with Gasteiger partial charge in [-0.05, 0) is 31.4 Å². The standard InChI is InChI=1S/C21H26N4O2/c1-12-16-10-25-8-7-14-13-5-3-4-6-18(13)24(2)20(14)19(25)9-15(16)17(11-27-12)21(26)23-22/h3-6,11-12,15-16,19H,7-10,22H2,1-2H3,(H,23,26)/t12-,15-,16-,19-/m0/s1. The molecule has 4 atom stereocenters. The summed E-state index contributed by atoms with van der Waals surface area (Å²) in [5, 5.41) is 1.37. The van der Waals surface area contributed by atoms with E-state index in [2.05, 4.69) is 53.1 Å². The first-order chi connectivity index (χ1) is 13.1. The van der Waals surface area contributed by atoms with Crippen LogP contribution in [-0.4, -0.2) is 34.6 Å². The van der Waals surface area contributed by atoms with E-state index in [1.807, 2.05) is 0 Å². The van der Waals surface area contributed by atoms with Gasteiger partial charge in [-0.1, -0.05) is 18.2 Å². The summed E-state index contributed by atoms with van der Waals surface area (Å²) in [5.41, 5.74) is 7.16. The zero-order valence-corrected chi connectivity index (χ0v) is 15.8. The van der Waals surface area contributed by atoms with Crippen LogP contribution in [0.4, 0.5) is 0 Å². The van der Waals surface area contributed by atoms with Crippen LogP contribution < -0.4 is 11.3 Å². The van der Waals surface area contributed by atoms with Gasteiger partial charge >= 0.3 is 0 Å². The first-order valence-corrected chi connectivity index (χ1v) is 9.76. The van der Waals surface area contributed by atoms with Gasteiger partial charge in [-0.15, -0.1) is 0 Å². The summed E-state index contributed by atoms with van der Waals surface area (Å²) in [7, 11) is 2.17. The summed E-state index contributed by atoms with van der Waals surface area (Å²) >= 11 is 0. The second kappa shape index (κ2) is 6.11. The van der Waals surface area contributed by atoms with Crippen LogP contribution in [0.1, 0.15) is 30.6 Å².